The van der Waals surface area contributed by atoms with Crippen molar-refractivity contribution in [2.75, 3.05) is 7.11 Å². The van der Waals surface area contributed by atoms with Crippen LogP contribution in [0.4, 0.5) is 0 Å². The molecule has 1 N–H and O–H groups in total. The zero-order valence-electron chi connectivity index (χ0n) is 16.1. The molecule has 0 radical (unpaired) electrons. The number of ketones is 1. The first-order chi connectivity index (χ1) is 12.1. The molecule has 0 heterocycles. The number of hydrogen-bond donors (Lipinski definition) is 1. The highest BCUT2D eigenvalue weighted by Gasteiger charge is 2.58. The summed E-state index contributed by atoms with van der Waals surface area (Å²) in [5, 5.41) is 9.11. The Morgan fingerprint density at radius 2 is 1.92 bits per heavy atom. The molecule has 4 atom stereocenters. The van der Waals surface area contributed by atoms with Crippen LogP contribution in [0.2, 0.25) is 0 Å². The van der Waals surface area contributed by atoms with E-state index in [9.17, 15) is 14.4 Å². The van der Waals surface area contributed by atoms with Crippen LogP contribution in [0.15, 0.2) is 22.8 Å². The number of carboxylic acids is 1. The monoisotopic (exact) mass is 360 g/mol. The third kappa shape index (κ3) is 2.63. The minimum Gasteiger partial charge on any atom is -0.478 e. The number of rotatable bonds is 2. The molecule has 5 heteroatoms. The number of esters is 1. The SMILES string of the molecule is COC(=O)C1(C)CCCC2(C)C3=C(C(=O)CC12)C(C)C(=CC(=O)O)CC3. The van der Waals surface area contributed by atoms with Gasteiger partial charge in [0.25, 0.3) is 0 Å². The molecule has 26 heavy (non-hydrogen) atoms. The summed E-state index contributed by atoms with van der Waals surface area (Å²) in [6.45, 7) is 6.08. The molecule has 0 amide bonds. The average molecular weight is 360 g/mol. The maximum Gasteiger partial charge on any atom is 0.328 e. The highest BCUT2D eigenvalue weighted by Crippen LogP contribution is 2.62. The molecule has 0 saturated heterocycles. The Kier molecular flexibility index (Phi) is 4.62. The number of carbonyl (C=O) groups is 3. The molecule has 0 bridgehead atoms. The summed E-state index contributed by atoms with van der Waals surface area (Å²) in [7, 11) is 1.42. The van der Waals surface area contributed by atoms with E-state index in [-0.39, 0.29) is 29.0 Å². The van der Waals surface area contributed by atoms with Gasteiger partial charge < -0.3 is 9.84 Å². The third-order valence-corrected chi connectivity index (χ3v) is 7.25. The molecule has 0 spiro atoms. The highest BCUT2D eigenvalue weighted by molar-refractivity contribution is 6.00. The van der Waals surface area contributed by atoms with Crippen LogP contribution in [-0.4, -0.2) is 29.9 Å². The minimum atomic E-state index is -0.959. The van der Waals surface area contributed by atoms with E-state index >= 15 is 0 Å². The Hall–Kier alpha value is -1.91. The molecule has 142 valence electrons. The maximum absolute atomic E-state index is 13.1. The lowest BCUT2D eigenvalue weighted by Crippen LogP contribution is -2.53. The zero-order chi connectivity index (χ0) is 19.3. The second-order valence-corrected chi connectivity index (χ2v) is 8.53. The number of carboxylic acid groups (broad SMARTS) is 1. The van der Waals surface area contributed by atoms with Crippen LogP contribution >= 0.6 is 0 Å². The second-order valence-electron chi connectivity index (χ2n) is 8.53. The van der Waals surface area contributed by atoms with Crippen LogP contribution in [0.1, 0.15) is 59.3 Å². The molecule has 3 aliphatic carbocycles. The second kappa shape index (κ2) is 6.36. The van der Waals surface area contributed by atoms with Gasteiger partial charge in [-0.25, -0.2) is 4.79 Å². The summed E-state index contributed by atoms with van der Waals surface area (Å²) >= 11 is 0. The predicted octanol–water partition coefficient (Wildman–Crippen LogP) is 3.68. The van der Waals surface area contributed by atoms with Crippen LogP contribution < -0.4 is 0 Å². The standard InChI is InChI=1S/C21H28O5/c1-12-13(10-17(23)24)6-7-14-18(12)15(22)11-16-20(14,2)8-5-9-21(16,3)19(25)26-4/h10,12,16H,5-9,11H2,1-4H3,(H,23,24). The molecule has 5 nitrogen and oxygen atoms in total. The summed E-state index contributed by atoms with van der Waals surface area (Å²) < 4.78 is 5.10. The highest BCUT2D eigenvalue weighted by atomic mass is 16.5. The van der Waals surface area contributed by atoms with Gasteiger partial charge in [-0.1, -0.05) is 31.4 Å². The van der Waals surface area contributed by atoms with Gasteiger partial charge in [0.15, 0.2) is 5.78 Å². The minimum absolute atomic E-state index is 0.0559. The molecule has 3 aliphatic rings. The van der Waals surface area contributed by atoms with Crippen molar-refractivity contribution in [3.8, 4) is 0 Å². The number of hydrogen-bond acceptors (Lipinski definition) is 4. The van der Waals surface area contributed by atoms with Crippen molar-refractivity contribution in [3.05, 3.63) is 22.8 Å². The van der Waals surface area contributed by atoms with Crippen molar-refractivity contribution in [3.63, 3.8) is 0 Å². The molecule has 1 saturated carbocycles. The maximum atomic E-state index is 13.1. The molecule has 3 rings (SSSR count). The van der Waals surface area contributed by atoms with Gasteiger partial charge in [0.2, 0.25) is 0 Å². The summed E-state index contributed by atoms with van der Waals surface area (Å²) in [5.41, 5.74) is 1.93. The van der Waals surface area contributed by atoms with Crippen molar-refractivity contribution in [2.45, 2.75) is 59.3 Å². The van der Waals surface area contributed by atoms with Gasteiger partial charge in [-0.2, -0.15) is 0 Å². The van der Waals surface area contributed by atoms with Gasteiger partial charge in [-0.15, -0.1) is 0 Å². The van der Waals surface area contributed by atoms with Crippen molar-refractivity contribution in [1.29, 1.82) is 0 Å². The summed E-state index contributed by atoms with van der Waals surface area (Å²) in [6.07, 6.45) is 5.60. The molecular weight excluding hydrogens is 332 g/mol. The lowest BCUT2D eigenvalue weighted by molar-refractivity contribution is -0.163. The smallest absolute Gasteiger partial charge is 0.328 e. The molecule has 0 aromatic heterocycles. The van der Waals surface area contributed by atoms with Gasteiger partial charge in [-0.3, -0.25) is 9.59 Å². The Labute approximate surface area is 154 Å². The van der Waals surface area contributed by atoms with Crippen molar-refractivity contribution < 1.29 is 24.2 Å². The summed E-state index contributed by atoms with van der Waals surface area (Å²) in [4.78, 5) is 36.8. The van der Waals surface area contributed by atoms with E-state index in [0.29, 0.717) is 19.3 Å². The zero-order valence-corrected chi connectivity index (χ0v) is 16.1. The summed E-state index contributed by atoms with van der Waals surface area (Å²) in [5.74, 6) is -1.33. The Bertz CT molecular complexity index is 731. The van der Waals surface area contributed by atoms with Crippen molar-refractivity contribution >= 4 is 17.7 Å². The van der Waals surface area contributed by atoms with E-state index in [1.807, 2.05) is 13.8 Å². The summed E-state index contributed by atoms with van der Waals surface area (Å²) in [6, 6.07) is 0. The van der Waals surface area contributed by atoms with Crippen LogP contribution in [0.5, 0.6) is 0 Å². The van der Waals surface area contributed by atoms with Crippen molar-refractivity contribution in [1.82, 2.24) is 0 Å². The average Bonchev–Trinajstić information content (AvgIpc) is 2.58. The van der Waals surface area contributed by atoms with E-state index in [4.69, 9.17) is 9.84 Å². The number of fused-ring (bicyclic) bond motifs is 2. The van der Waals surface area contributed by atoms with Gasteiger partial charge in [0, 0.05) is 24.0 Å². The fraction of sp³-hybridized carbons (Fsp3) is 0.667. The predicted molar refractivity (Wildman–Crippen MR) is 96.3 cm³/mol. The van der Waals surface area contributed by atoms with E-state index in [0.717, 1.165) is 36.0 Å². The number of aliphatic carboxylic acids is 1. The van der Waals surface area contributed by atoms with Crippen LogP contribution in [-0.2, 0) is 19.1 Å². The van der Waals surface area contributed by atoms with Crippen LogP contribution in [0, 0.1) is 22.7 Å². The van der Waals surface area contributed by atoms with E-state index in [2.05, 4.69) is 6.92 Å². The van der Waals surface area contributed by atoms with Crippen LogP contribution in [0.25, 0.3) is 0 Å². The lowest BCUT2D eigenvalue weighted by Gasteiger charge is -2.55. The Morgan fingerprint density at radius 1 is 1.23 bits per heavy atom. The first kappa shape index (κ1) is 18.9. The Balaban J connectivity index is 2.10. The van der Waals surface area contributed by atoms with E-state index < -0.39 is 11.4 Å². The lowest BCUT2D eigenvalue weighted by atomic mass is 9.47. The molecule has 0 aliphatic heterocycles. The molecule has 1 fully saturated rings. The van der Waals surface area contributed by atoms with Gasteiger partial charge in [0.05, 0.1) is 12.5 Å². The number of carbonyl (C=O) groups excluding carboxylic acids is 2. The van der Waals surface area contributed by atoms with Gasteiger partial charge in [0.1, 0.15) is 0 Å². The van der Waals surface area contributed by atoms with E-state index in [1.54, 1.807) is 0 Å². The fourth-order valence-corrected chi connectivity index (χ4v) is 5.88. The van der Waals surface area contributed by atoms with Crippen LogP contribution in [0.3, 0.4) is 0 Å². The third-order valence-electron chi connectivity index (χ3n) is 7.25. The molecule has 0 aromatic carbocycles. The first-order valence-corrected chi connectivity index (χ1v) is 9.43. The van der Waals surface area contributed by atoms with E-state index in [1.165, 1.54) is 13.2 Å². The quantitative estimate of drug-likeness (QED) is 0.600. The largest absolute Gasteiger partial charge is 0.478 e. The topological polar surface area (TPSA) is 80.7 Å². The molecular formula is C21H28O5. The Morgan fingerprint density at radius 3 is 2.54 bits per heavy atom. The van der Waals surface area contributed by atoms with Crippen molar-refractivity contribution in [2.24, 2.45) is 22.7 Å². The fourth-order valence-electron chi connectivity index (χ4n) is 5.88. The van der Waals surface area contributed by atoms with Gasteiger partial charge >= 0.3 is 11.9 Å². The first-order valence-electron chi connectivity index (χ1n) is 9.43. The number of Topliss-reactive ketones (excluding diaryl/α,β-unsaturated/α-hetero) is 1. The number of methoxy groups -OCH3 is 1. The molecule has 4 unspecified atom stereocenters. The molecule has 0 aromatic rings. The normalized spacial score (nSPS) is 38.6. The van der Waals surface area contributed by atoms with Gasteiger partial charge in [-0.05, 0) is 43.9 Å². The number of allylic oxidation sites excluding steroid dienone is 3. The number of ether oxygens (including phenoxy) is 1.